The molecule has 0 bridgehead atoms. The van der Waals surface area contributed by atoms with Gasteiger partial charge in [0.15, 0.2) is 11.5 Å². The Hall–Kier alpha value is -3.36. The fourth-order valence-electron chi connectivity index (χ4n) is 3.75. The molecule has 0 spiro atoms. The van der Waals surface area contributed by atoms with E-state index in [0.29, 0.717) is 12.3 Å². The minimum absolute atomic E-state index is 0.141. The van der Waals surface area contributed by atoms with Gasteiger partial charge in [-0.3, -0.25) is 9.20 Å². The van der Waals surface area contributed by atoms with Crippen LogP contribution in [0.4, 0.5) is 0 Å². The van der Waals surface area contributed by atoms with Crippen LogP contribution < -0.4 is 0 Å². The van der Waals surface area contributed by atoms with E-state index in [1.165, 1.54) is 0 Å². The van der Waals surface area contributed by atoms with E-state index in [-0.39, 0.29) is 17.8 Å². The molecule has 1 atom stereocenters. The van der Waals surface area contributed by atoms with Gasteiger partial charge in [0.1, 0.15) is 0 Å². The second-order valence-electron chi connectivity index (χ2n) is 6.83. The van der Waals surface area contributed by atoms with Crippen LogP contribution in [0.1, 0.15) is 46.7 Å². The molecule has 4 aromatic rings. The van der Waals surface area contributed by atoms with E-state index in [1.54, 1.807) is 9.42 Å². The van der Waals surface area contributed by atoms with Gasteiger partial charge in [-0.05, 0) is 44.9 Å². The lowest BCUT2D eigenvalue weighted by molar-refractivity contribution is 0.0717. The van der Waals surface area contributed by atoms with Crippen LogP contribution >= 0.6 is 0 Å². The highest BCUT2D eigenvalue weighted by Gasteiger charge is 2.35. The Morgan fingerprint density at radius 2 is 2.07 bits per heavy atom. The smallest absolute Gasteiger partial charge is 0.294 e. The Morgan fingerprint density at radius 1 is 1.19 bits per heavy atom. The van der Waals surface area contributed by atoms with Crippen molar-refractivity contribution in [2.24, 2.45) is 0 Å². The highest BCUT2D eigenvalue weighted by molar-refractivity contribution is 5.91. The maximum atomic E-state index is 13.2. The van der Waals surface area contributed by atoms with Crippen molar-refractivity contribution in [3.05, 3.63) is 53.5 Å². The van der Waals surface area contributed by atoms with Gasteiger partial charge in [0, 0.05) is 24.1 Å². The maximum Gasteiger partial charge on any atom is 0.294 e. The van der Waals surface area contributed by atoms with Crippen molar-refractivity contribution in [1.82, 2.24) is 39.1 Å². The number of pyridine rings is 1. The molecule has 1 aliphatic heterocycles. The molecule has 27 heavy (non-hydrogen) atoms. The number of fused-ring (bicyclic) bond motifs is 2. The molecular formula is C18H18N8O. The third-order valence-electron chi connectivity index (χ3n) is 4.96. The average molecular weight is 362 g/mol. The average Bonchev–Trinajstić information content (AvgIpc) is 3.38. The molecule has 0 N–H and O–H groups in total. The lowest BCUT2D eigenvalue weighted by Crippen LogP contribution is -2.32. The first-order valence-electron chi connectivity index (χ1n) is 8.93. The van der Waals surface area contributed by atoms with Crippen LogP contribution in [-0.2, 0) is 0 Å². The second kappa shape index (κ2) is 5.83. The Bertz CT molecular complexity index is 1180. The van der Waals surface area contributed by atoms with Crippen LogP contribution in [0, 0.1) is 13.8 Å². The summed E-state index contributed by atoms with van der Waals surface area (Å²) in [5, 5.41) is 12.9. The van der Waals surface area contributed by atoms with Gasteiger partial charge in [0.2, 0.25) is 5.82 Å². The molecule has 9 heteroatoms. The molecule has 0 aliphatic carbocycles. The molecule has 1 saturated heterocycles. The van der Waals surface area contributed by atoms with Gasteiger partial charge in [0.05, 0.1) is 6.04 Å². The summed E-state index contributed by atoms with van der Waals surface area (Å²) in [6.07, 6.45) is 3.66. The summed E-state index contributed by atoms with van der Waals surface area (Å²) >= 11 is 0. The van der Waals surface area contributed by atoms with Gasteiger partial charge >= 0.3 is 0 Å². The van der Waals surface area contributed by atoms with Gasteiger partial charge in [-0.25, -0.2) is 9.50 Å². The number of carbonyl (C=O) groups is 1. The summed E-state index contributed by atoms with van der Waals surface area (Å²) in [6, 6.07) is 7.52. The van der Waals surface area contributed by atoms with Crippen LogP contribution in [0.2, 0.25) is 0 Å². The van der Waals surface area contributed by atoms with Gasteiger partial charge in [0.25, 0.3) is 11.7 Å². The van der Waals surface area contributed by atoms with Crippen LogP contribution in [0.15, 0.2) is 30.5 Å². The van der Waals surface area contributed by atoms with Crippen molar-refractivity contribution in [2.45, 2.75) is 32.7 Å². The molecule has 136 valence electrons. The Morgan fingerprint density at radius 3 is 2.96 bits per heavy atom. The summed E-state index contributed by atoms with van der Waals surface area (Å²) in [5.41, 5.74) is 2.51. The van der Waals surface area contributed by atoms with Crippen molar-refractivity contribution in [3.8, 4) is 0 Å². The molecule has 1 fully saturated rings. The predicted octanol–water partition coefficient (Wildman–Crippen LogP) is 1.76. The fourth-order valence-corrected chi connectivity index (χ4v) is 3.75. The Labute approximate surface area is 154 Å². The van der Waals surface area contributed by atoms with Crippen molar-refractivity contribution < 1.29 is 4.79 Å². The number of hydrogen-bond acceptors (Lipinski definition) is 6. The number of likely N-dealkylation sites (tertiary alicyclic amines) is 1. The highest BCUT2D eigenvalue weighted by Crippen LogP contribution is 2.32. The monoisotopic (exact) mass is 362 g/mol. The number of nitrogens with zero attached hydrogens (tertiary/aromatic N) is 8. The molecule has 1 amide bonds. The minimum Gasteiger partial charge on any atom is -0.326 e. The van der Waals surface area contributed by atoms with Crippen LogP contribution in [0.25, 0.3) is 11.4 Å². The summed E-state index contributed by atoms with van der Waals surface area (Å²) in [4.78, 5) is 23.7. The number of rotatable bonds is 2. The van der Waals surface area contributed by atoms with E-state index in [1.807, 2.05) is 48.7 Å². The molecular weight excluding hydrogens is 344 g/mol. The number of aryl methyl sites for hydroxylation is 2. The zero-order valence-electron chi connectivity index (χ0n) is 15.1. The van der Waals surface area contributed by atoms with Gasteiger partial charge in [-0.15, -0.1) is 15.3 Å². The van der Waals surface area contributed by atoms with Crippen LogP contribution in [0.5, 0.6) is 0 Å². The predicted molar refractivity (Wildman–Crippen MR) is 96.3 cm³/mol. The van der Waals surface area contributed by atoms with Crippen molar-refractivity contribution in [2.75, 3.05) is 6.54 Å². The maximum absolute atomic E-state index is 13.2. The van der Waals surface area contributed by atoms with E-state index >= 15 is 0 Å². The third-order valence-corrected chi connectivity index (χ3v) is 4.96. The van der Waals surface area contributed by atoms with Gasteiger partial charge in [-0.1, -0.05) is 6.07 Å². The van der Waals surface area contributed by atoms with Crippen molar-refractivity contribution >= 4 is 17.3 Å². The van der Waals surface area contributed by atoms with Crippen molar-refractivity contribution in [1.29, 1.82) is 0 Å². The van der Waals surface area contributed by atoms with E-state index in [4.69, 9.17) is 0 Å². The molecule has 1 unspecified atom stereocenters. The van der Waals surface area contributed by atoms with Crippen molar-refractivity contribution in [3.63, 3.8) is 0 Å². The topological polar surface area (TPSA) is 93.6 Å². The van der Waals surface area contributed by atoms with Crippen LogP contribution in [0.3, 0.4) is 0 Å². The molecule has 0 radical (unpaired) electrons. The van der Waals surface area contributed by atoms with E-state index in [9.17, 15) is 4.79 Å². The SMILES string of the molecule is Cc1cc(C)n2nc(C(=O)N3CCCC3c3nnc4ccccn34)nc2n1. The summed E-state index contributed by atoms with van der Waals surface area (Å²) in [5.74, 6) is 1.18. The zero-order valence-corrected chi connectivity index (χ0v) is 15.1. The molecule has 0 aromatic carbocycles. The molecule has 9 nitrogen and oxygen atoms in total. The number of aromatic nitrogens is 7. The first-order chi connectivity index (χ1) is 13.1. The molecule has 4 aromatic heterocycles. The quantitative estimate of drug-likeness (QED) is 0.539. The standard InChI is InChI=1S/C18H18N8O/c1-11-10-12(2)26-18(19-11)20-15(23-26)17(27)24-9-5-6-13(24)16-22-21-14-7-3-4-8-25(14)16/h3-4,7-8,10,13H,5-6,9H2,1-2H3. The Balaban J connectivity index is 1.53. The van der Waals surface area contributed by atoms with Gasteiger partial charge < -0.3 is 4.90 Å². The minimum atomic E-state index is -0.201. The van der Waals surface area contributed by atoms with Crippen LogP contribution in [-0.4, -0.2) is 51.5 Å². The third kappa shape index (κ3) is 2.46. The summed E-state index contributed by atoms with van der Waals surface area (Å²) in [7, 11) is 0. The molecule has 0 saturated carbocycles. The lowest BCUT2D eigenvalue weighted by atomic mass is 10.2. The number of amides is 1. The first-order valence-corrected chi connectivity index (χ1v) is 8.93. The lowest BCUT2D eigenvalue weighted by Gasteiger charge is -2.22. The van der Waals surface area contributed by atoms with Gasteiger partial charge in [-0.2, -0.15) is 4.98 Å². The normalized spacial score (nSPS) is 17.3. The van der Waals surface area contributed by atoms with E-state index < -0.39 is 0 Å². The van der Waals surface area contributed by atoms with E-state index in [2.05, 4.69) is 25.3 Å². The summed E-state index contributed by atoms with van der Waals surface area (Å²) < 4.78 is 3.54. The first kappa shape index (κ1) is 15.9. The second-order valence-corrected chi connectivity index (χ2v) is 6.83. The Kier molecular flexibility index (Phi) is 3.43. The largest absolute Gasteiger partial charge is 0.326 e. The molecule has 1 aliphatic rings. The summed E-state index contributed by atoms with van der Waals surface area (Å²) in [6.45, 7) is 4.47. The molecule has 5 heterocycles. The zero-order chi connectivity index (χ0) is 18.5. The number of carbonyl (C=O) groups excluding carboxylic acids is 1. The number of hydrogen-bond donors (Lipinski definition) is 0. The highest BCUT2D eigenvalue weighted by atomic mass is 16.2. The fraction of sp³-hybridized carbons (Fsp3) is 0.333. The van der Waals surface area contributed by atoms with E-state index in [0.717, 1.165) is 35.7 Å². The molecule has 5 rings (SSSR count).